The van der Waals surface area contributed by atoms with E-state index in [1.165, 1.54) is 27.4 Å². The van der Waals surface area contributed by atoms with Crippen LogP contribution in [-0.4, -0.2) is 26.2 Å². The van der Waals surface area contributed by atoms with Crippen LogP contribution in [0.1, 0.15) is 11.4 Å². The summed E-state index contributed by atoms with van der Waals surface area (Å²) in [5.41, 5.74) is 0.929. The van der Waals surface area contributed by atoms with Crippen molar-refractivity contribution in [3.8, 4) is 10.8 Å². The number of hydrogen-bond acceptors (Lipinski definition) is 5. The van der Waals surface area contributed by atoms with Crippen molar-refractivity contribution in [2.45, 2.75) is 19.4 Å². The van der Waals surface area contributed by atoms with E-state index < -0.39 is 13.0 Å². The Labute approximate surface area is 132 Å². The van der Waals surface area contributed by atoms with Crippen molar-refractivity contribution in [1.82, 2.24) is 19.7 Å². The zero-order valence-corrected chi connectivity index (χ0v) is 12.9. The van der Waals surface area contributed by atoms with Crippen molar-refractivity contribution in [2.24, 2.45) is 0 Å². The molecule has 0 spiro atoms. The van der Waals surface area contributed by atoms with Crippen LogP contribution in [-0.2, 0) is 13.0 Å². The zero-order valence-electron chi connectivity index (χ0n) is 10.5. The second-order valence-electron chi connectivity index (χ2n) is 4.20. The van der Waals surface area contributed by atoms with E-state index in [0.29, 0.717) is 27.4 Å². The summed E-state index contributed by atoms with van der Waals surface area (Å²) in [6, 6.07) is 1.80. The lowest BCUT2D eigenvalue weighted by Gasteiger charge is -2.03. The summed E-state index contributed by atoms with van der Waals surface area (Å²) in [4.78, 5) is 8.44. The maximum absolute atomic E-state index is 12.7. The standard InChI is InChI=1S/C12H9ClF2N4S2/c13-8-3-7(6-21-8)4-10-17-11(12-16-1-2-20-12)18-19(10)5-9(14)15/h1-3,6,9H,4-5H2. The van der Waals surface area contributed by atoms with Crippen molar-refractivity contribution < 1.29 is 8.78 Å². The van der Waals surface area contributed by atoms with Gasteiger partial charge in [0.1, 0.15) is 12.4 Å². The SMILES string of the molecule is FC(F)Cn1nc(-c2nccs2)nc1Cc1csc(Cl)c1. The van der Waals surface area contributed by atoms with Gasteiger partial charge < -0.3 is 0 Å². The van der Waals surface area contributed by atoms with Crippen LogP contribution in [0.3, 0.4) is 0 Å². The molecule has 4 nitrogen and oxygen atoms in total. The maximum atomic E-state index is 12.7. The molecule has 110 valence electrons. The molecule has 0 saturated heterocycles. The van der Waals surface area contributed by atoms with Gasteiger partial charge in [0.15, 0.2) is 5.01 Å². The van der Waals surface area contributed by atoms with E-state index in [-0.39, 0.29) is 0 Å². The molecule has 3 aromatic rings. The maximum Gasteiger partial charge on any atom is 0.257 e. The predicted octanol–water partition coefficient (Wildman–Crippen LogP) is 3.97. The van der Waals surface area contributed by atoms with E-state index >= 15 is 0 Å². The summed E-state index contributed by atoms with van der Waals surface area (Å²) in [5, 5.41) is 8.43. The quantitative estimate of drug-likeness (QED) is 0.702. The monoisotopic (exact) mass is 346 g/mol. The number of rotatable bonds is 5. The number of nitrogens with zero attached hydrogens (tertiary/aromatic N) is 4. The van der Waals surface area contributed by atoms with E-state index in [0.717, 1.165) is 5.56 Å². The molecular weight excluding hydrogens is 338 g/mol. The molecule has 0 N–H and O–H groups in total. The molecule has 0 aromatic carbocycles. The summed E-state index contributed by atoms with van der Waals surface area (Å²) in [6.45, 7) is -0.481. The van der Waals surface area contributed by atoms with Gasteiger partial charge in [-0.25, -0.2) is 23.4 Å². The Kier molecular flexibility index (Phi) is 4.27. The van der Waals surface area contributed by atoms with Crippen LogP contribution in [0, 0.1) is 0 Å². The second-order valence-corrected chi connectivity index (χ2v) is 6.64. The first-order chi connectivity index (χ1) is 10.1. The smallest absolute Gasteiger partial charge is 0.243 e. The molecule has 0 aliphatic heterocycles. The van der Waals surface area contributed by atoms with Gasteiger partial charge in [-0.3, -0.25) is 0 Å². The average molecular weight is 347 g/mol. The first-order valence-electron chi connectivity index (χ1n) is 5.96. The molecule has 9 heteroatoms. The lowest BCUT2D eigenvalue weighted by Crippen LogP contribution is -2.12. The molecule has 21 heavy (non-hydrogen) atoms. The molecule has 0 atom stereocenters. The molecule has 0 radical (unpaired) electrons. The highest BCUT2D eigenvalue weighted by Gasteiger charge is 2.17. The highest BCUT2D eigenvalue weighted by Crippen LogP contribution is 2.24. The van der Waals surface area contributed by atoms with Crippen LogP contribution in [0.5, 0.6) is 0 Å². The Hall–Kier alpha value is -1.38. The van der Waals surface area contributed by atoms with Crippen LogP contribution in [0.2, 0.25) is 4.34 Å². The van der Waals surface area contributed by atoms with Crippen molar-refractivity contribution in [2.75, 3.05) is 0 Å². The van der Waals surface area contributed by atoms with Crippen molar-refractivity contribution in [3.05, 3.63) is 38.7 Å². The topological polar surface area (TPSA) is 43.6 Å². The normalized spacial score (nSPS) is 11.4. The lowest BCUT2D eigenvalue weighted by atomic mass is 10.2. The molecular formula is C12H9ClF2N4S2. The molecule has 0 aliphatic rings. The van der Waals surface area contributed by atoms with Gasteiger partial charge in [0.25, 0.3) is 6.43 Å². The fourth-order valence-corrected chi connectivity index (χ4v) is 3.30. The Bertz CT molecular complexity index is 724. The van der Waals surface area contributed by atoms with E-state index in [4.69, 9.17) is 11.6 Å². The van der Waals surface area contributed by atoms with Crippen molar-refractivity contribution in [1.29, 1.82) is 0 Å². The van der Waals surface area contributed by atoms with E-state index in [1.54, 1.807) is 17.6 Å². The zero-order chi connectivity index (χ0) is 14.8. The van der Waals surface area contributed by atoms with Crippen molar-refractivity contribution >= 4 is 34.3 Å². The molecule has 3 rings (SSSR count). The fourth-order valence-electron chi connectivity index (χ4n) is 1.83. The fraction of sp³-hybridized carbons (Fsp3) is 0.250. The number of hydrogen-bond donors (Lipinski definition) is 0. The summed E-state index contributed by atoms with van der Waals surface area (Å²) in [7, 11) is 0. The minimum Gasteiger partial charge on any atom is -0.243 e. The van der Waals surface area contributed by atoms with Crippen LogP contribution in [0.15, 0.2) is 23.0 Å². The summed E-state index contributed by atoms with van der Waals surface area (Å²) < 4.78 is 27.2. The van der Waals surface area contributed by atoms with Gasteiger partial charge in [0, 0.05) is 18.0 Å². The second kappa shape index (κ2) is 6.17. The van der Waals surface area contributed by atoms with Crippen LogP contribution < -0.4 is 0 Å². The third-order valence-electron chi connectivity index (χ3n) is 2.67. The molecule has 0 unspecified atom stereocenters. The van der Waals surface area contributed by atoms with Gasteiger partial charge in [0.2, 0.25) is 5.82 Å². The number of halogens is 3. The Balaban J connectivity index is 1.92. The third-order valence-corrected chi connectivity index (χ3v) is 4.58. The number of thiazole rings is 1. The van der Waals surface area contributed by atoms with Crippen LogP contribution >= 0.6 is 34.3 Å². The average Bonchev–Trinajstić information content (AvgIpc) is 3.11. The number of aromatic nitrogens is 4. The van der Waals surface area contributed by atoms with Crippen LogP contribution in [0.4, 0.5) is 8.78 Å². The van der Waals surface area contributed by atoms with E-state index in [1.807, 2.05) is 5.38 Å². The van der Waals surface area contributed by atoms with E-state index in [2.05, 4.69) is 15.1 Å². The molecule has 0 amide bonds. The van der Waals surface area contributed by atoms with Gasteiger partial charge in [-0.05, 0) is 17.0 Å². The Morgan fingerprint density at radius 2 is 2.19 bits per heavy atom. The van der Waals surface area contributed by atoms with E-state index in [9.17, 15) is 8.78 Å². The first kappa shape index (κ1) is 14.6. The summed E-state index contributed by atoms with van der Waals surface area (Å²) >= 11 is 8.65. The number of thiophene rings is 1. The van der Waals surface area contributed by atoms with Crippen molar-refractivity contribution in [3.63, 3.8) is 0 Å². The highest BCUT2D eigenvalue weighted by molar-refractivity contribution is 7.14. The minimum absolute atomic E-state index is 0.377. The number of alkyl halides is 2. The molecule has 0 bridgehead atoms. The lowest BCUT2D eigenvalue weighted by molar-refractivity contribution is 0.120. The Morgan fingerprint density at radius 1 is 1.33 bits per heavy atom. The molecule has 3 heterocycles. The highest BCUT2D eigenvalue weighted by atomic mass is 35.5. The van der Waals surface area contributed by atoms with Gasteiger partial charge >= 0.3 is 0 Å². The Morgan fingerprint density at radius 3 is 2.81 bits per heavy atom. The summed E-state index contributed by atoms with van der Waals surface area (Å²) in [5.74, 6) is 0.858. The van der Waals surface area contributed by atoms with Gasteiger partial charge in [-0.1, -0.05) is 11.6 Å². The predicted molar refractivity (Wildman–Crippen MR) is 79.3 cm³/mol. The van der Waals surface area contributed by atoms with Gasteiger partial charge in [0.05, 0.1) is 4.34 Å². The van der Waals surface area contributed by atoms with Gasteiger partial charge in [-0.2, -0.15) is 0 Å². The molecule has 0 saturated carbocycles. The first-order valence-corrected chi connectivity index (χ1v) is 8.10. The molecule has 0 fully saturated rings. The summed E-state index contributed by atoms with van der Waals surface area (Å²) in [6.07, 6.45) is -0.443. The third kappa shape index (κ3) is 3.45. The largest absolute Gasteiger partial charge is 0.257 e. The van der Waals surface area contributed by atoms with Crippen LogP contribution in [0.25, 0.3) is 10.8 Å². The molecule has 3 aromatic heterocycles. The minimum atomic E-state index is -2.49. The van der Waals surface area contributed by atoms with Gasteiger partial charge in [-0.15, -0.1) is 27.8 Å². The molecule has 0 aliphatic carbocycles.